The molecule has 0 aromatic heterocycles. The predicted molar refractivity (Wildman–Crippen MR) is 96.1 cm³/mol. The quantitative estimate of drug-likeness (QED) is 0.655. The van der Waals surface area contributed by atoms with Gasteiger partial charge in [-0.1, -0.05) is 15.9 Å². The Morgan fingerprint density at radius 3 is 2.32 bits per heavy atom. The van der Waals surface area contributed by atoms with E-state index in [0.29, 0.717) is 0 Å². The lowest BCUT2D eigenvalue weighted by Gasteiger charge is -2.10. The van der Waals surface area contributed by atoms with Gasteiger partial charge >= 0.3 is 5.97 Å². The van der Waals surface area contributed by atoms with Gasteiger partial charge in [-0.3, -0.25) is 14.3 Å². The minimum atomic E-state index is -3.76. The van der Waals surface area contributed by atoms with Gasteiger partial charge in [0, 0.05) is 15.7 Å². The summed E-state index contributed by atoms with van der Waals surface area (Å²) >= 11 is 3.32. The number of hydrogen-bond acceptors (Lipinski definition) is 4. The smallest absolute Gasteiger partial charge is 0.322 e. The SMILES string of the molecule is Cc1cc(S(=O)(=O)Nc2ccc(C(=O)NCC(=O)O)cc2)ccc1Br. The van der Waals surface area contributed by atoms with Crippen LogP contribution in [0.15, 0.2) is 51.8 Å². The van der Waals surface area contributed by atoms with Crippen LogP contribution in [0, 0.1) is 6.92 Å². The Kier molecular flexibility index (Phi) is 5.81. The van der Waals surface area contributed by atoms with Crippen molar-refractivity contribution in [1.29, 1.82) is 0 Å². The van der Waals surface area contributed by atoms with Crippen molar-refractivity contribution in [3.63, 3.8) is 0 Å². The van der Waals surface area contributed by atoms with E-state index in [2.05, 4.69) is 26.0 Å². The van der Waals surface area contributed by atoms with Crippen molar-refractivity contribution in [2.75, 3.05) is 11.3 Å². The van der Waals surface area contributed by atoms with E-state index in [4.69, 9.17) is 5.11 Å². The first kappa shape index (κ1) is 18.9. The van der Waals surface area contributed by atoms with Gasteiger partial charge in [0.2, 0.25) is 0 Å². The summed E-state index contributed by atoms with van der Waals surface area (Å²) in [5.41, 5.74) is 1.30. The van der Waals surface area contributed by atoms with Crippen LogP contribution in [-0.2, 0) is 14.8 Å². The van der Waals surface area contributed by atoms with Crippen molar-refractivity contribution in [2.45, 2.75) is 11.8 Å². The molecule has 3 N–H and O–H groups in total. The first-order valence-corrected chi connectivity index (χ1v) is 9.36. The highest BCUT2D eigenvalue weighted by Crippen LogP contribution is 2.22. The van der Waals surface area contributed by atoms with E-state index >= 15 is 0 Å². The van der Waals surface area contributed by atoms with Gasteiger partial charge in [-0.05, 0) is 55.0 Å². The number of carbonyl (C=O) groups excluding carboxylic acids is 1. The maximum Gasteiger partial charge on any atom is 0.322 e. The number of carbonyl (C=O) groups is 2. The number of benzene rings is 2. The monoisotopic (exact) mass is 426 g/mol. The Balaban J connectivity index is 2.13. The summed E-state index contributed by atoms with van der Waals surface area (Å²) in [4.78, 5) is 22.3. The molecule has 25 heavy (non-hydrogen) atoms. The molecule has 2 aromatic carbocycles. The number of hydrogen-bond donors (Lipinski definition) is 3. The van der Waals surface area contributed by atoms with Crippen molar-refractivity contribution >= 4 is 43.5 Å². The van der Waals surface area contributed by atoms with E-state index in [9.17, 15) is 18.0 Å². The Bertz CT molecular complexity index is 911. The van der Waals surface area contributed by atoms with E-state index in [0.717, 1.165) is 10.0 Å². The third-order valence-electron chi connectivity index (χ3n) is 3.24. The van der Waals surface area contributed by atoms with Crippen molar-refractivity contribution in [3.8, 4) is 0 Å². The molecular weight excluding hydrogens is 412 g/mol. The molecule has 2 rings (SSSR count). The summed E-state index contributed by atoms with van der Waals surface area (Å²) in [6, 6.07) is 10.3. The van der Waals surface area contributed by atoms with Crippen molar-refractivity contribution in [2.24, 2.45) is 0 Å². The molecule has 0 saturated carbocycles. The van der Waals surface area contributed by atoms with Gasteiger partial charge in [0.1, 0.15) is 6.54 Å². The number of sulfonamides is 1. The number of aryl methyl sites for hydroxylation is 1. The average molecular weight is 427 g/mol. The molecule has 7 nitrogen and oxygen atoms in total. The lowest BCUT2D eigenvalue weighted by molar-refractivity contribution is -0.135. The van der Waals surface area contributed by atoms with E-state index in [1.54, 1.807) is 19.1 Å². The summed E-state index contributed by atoms with van der Waals surface area (Å²) in [5, 5.41) is 10.8. The first-order chi connectivity index (χ1) is 11.7. The fourth-order valence-corrected chi connectivity index (χ4v) is 3.34. The van der Waals surface area contributed by atoms with Crippen LogP contribution >= 0.6 is 15.9 Å². The first-order valence-electron chi connectivity index (χ1n) is 7.08. The number of nitrogens with one attached hydrogen (secondary N) is 2. The average Bonchev–Trinajstić information content (AvgIpc) is 2.55. The number of carboxylic acid groups (broad SMARTS) is 1. The van der Waals surface area contributed by atoms with Gasteiger partial charge < -0.3 is 10.4 Å². The topological polar surface area (TPSA) is 113 Å². The second-order valence-electron chi connectivity index (χ2n) is 5.17. The molecule has 0 heterocycles. The Hall–Kier alpha value is -2.39. The highest BCUT2D eigenvalue weighted by molar-refractivity contribution is 9.10. The summed E-state index contributed by atoms with van der Waals surface area (Å²) in [6.07, 6.45) is 0. The summed E-state index contributed by atoms with van der Waals surface area (Å²) in [7, 11) is -3.76. The molecule has 132 valence electrons. The lowest BCUT2D eigenvalue weighted by Crippen LogP contribution is -2.29. The van der Waals surface area contributed by atoms with Crippen LogP contribution in [0.3, 0.4) is 0 Å². The molecule has 0 radical (unpaired) electrons. The van der Waals surface area contributed by atoms with Crippen LogP contribution in [-0.4, -0.2) is 31.9 Å². The van der Waals surface area contributed by atoms with E-state index in [-0.39, 0.29) is 16.1 Å². The van der Waals surface area contributed by atoms with Crippen molar-refractivity contribution in [3.05, 3.63) is 58.1 Å². The third kappa shape index (κ3) is 5.04. The van der Waals surface area contributed by atoms with Crippen LogP contribution in [0.2, 0.25) is 0 Å². The van der Waals surface area contributed by atoms with Gasteiger partial charge in [-0.25, -0.2) is 8.42 Å². The van der Waals surface area contributed by atoms with Crippen LogP contribution in [0.5, 0.6) is 0 Å². The Labute approximate surface area is 153 Å². The van der Waals surface area contributed by atoms with Gasteiger partial charge in [-0.15, -0.1) is 0 Å². The van der Waals surface area contributed by atoms with Crippen molar-refractivity contribution in [1.82, 2.24) is 5.32 Å². The number of halogens is 1. The zero-order chi connectivity index (χ0) is 18.6. The summed E-state index contributed by atoms with van der Waals surface area (Å²) in [5.74, 6) is -1.71. The lowest BCUT2D eigenvalue weighted by atomic mass is 10.2. The number of aliphatic carboxylic acids is 1. The van der Waals surface area contributed by atoms with Gasteiger partial charge in [-0.2, -0.15) is 0 Å². The predicted octanol–water partition coefficient (Wildman–Crippen LogP) is 2.37. The second-order valence-corrected chi connectivity index (χ2v) is 7.71. The number of carboxylic acids is 1. The number of anilines is 1. The van der Waals surface area contributed by atoms with Crippen LogP contribution < -0.4 is 10.0 Å². The molecule has 0 atom stereocenters. The molecule has 0 fully saturated rings. The third-order valence-corrected chi connectivity index (χ3v) is 5.51. The molecular formula is C16H15BrN2O5S. The van der Waals surface area contributed by atoms with E-state index in [1.165, 1.54) is 30.3 Å². The molecule has 0 saturated heterocycles. The molecule has 0 spiro atoms. The standard InChI is InChI=1S/C16H15BrN2O5S/c1-10-8-13(6-7-14(10)17)25(23,24)19-12-4-2-11(3-5-12)16(22)18-9-15(20)21/h2-8,19H,9H2,1H3,(H,18,22)(H,20,21). The maximum atomic E-state index is 12.4. The van der Waals surface area contributed by atoms with Crippen molar-refractivity contribution < 1.29 is 23.1 Å². The summed E-state index contributed by atoms with van der Waals surface area (Å²) in [6.45, 7) is 1.30. The zero-order valence-electron chi connectivity index (χ0n) is 13.1. The van der Waals surface area contributed by atoms with Crippen LogP contribution in [0.1, 0.15) is 15.9 Å². The molecule has 0 aliphatic rings. The fourth-order valence-electron chi connectivity index (χ4n) is 1.95. The van der Waals surface area contributed by atoms with E-state index < -0.39 is 28.4 Å². The highest BCUT2D eigenvalue weighted by Gasteiger charge is 2.15. The Morgan fingerprint density at radius 1 is 1.12 bits per heavy atom. The van der Waals surface area contributed by atoms with Crippen LogP contribution in [0.25, 0.3) is 0 Å². The normalized spacial score (nSPS) is 11.0. The maximum absolute atomic E-state index is 12.4. The molecule has 2 aromatic rings. The second kappa shape index (κ2) is 7.66. The highest BCUT2D eigenvalue weighted by atomic mass is 79.9. The minimum absolute atomic E-state index is 0.122. The fraction of sp³-hybridized carbons (Fsp3) is 0.125. The molecule has 0 aliphatic heterocycles. The van der Waals surface area contributed by atoms with Gasteiger partial charge in [0.05, 0.1) is 4.90 Å². The van der Waals surface area contributed by atoms with Gasteiger partial charge in [0.25, 0.3) is 15.9 Å². The molecule has 0 bridgehead atoms. The largest absolute Gasteiger partial charge is 0.480 e. The molecule has 0 unspecified atom stereocenters. The summed E-state index contributed by atoms with van der Waals surface area (Å²) < 4.78 is 28.0. The molecule has 1 amide bonds. The van der Waals surface area contributed by atoms with Crippen LogP contribution in [0.4, 0.5) is 5.69 Å². The molecule has 0 aliphatic carbocycles. The number of amides is 1. The number of rotatable bonds is 6. The zero-order valence-corrected chi connectivity index (χ0v) is 15.5. The minimum Gasteiger partial charge on any atom is -0.480 e. The Morgan fingerprint density at radius 2 is 1.76 bits per heavy atom. The van der Waals surface area contributed by atoms with E-state index in [1.807, 2.05) is 0 Å². The molecule has 9 heteroatoms. The van der Waals surface area contributed by atoms with Gasteiger partial charge in [0.15, 0.2) is 0 Å².